The molecule has 1 aromatic carbocycles. The average Bonchev–Trinajstić information content (AvgIpc) is 3.20. The Hall–Kier alpha value is -1.94. The van der Waals surface area contributed by atoms with Crippen LogP contribution < -0.4 is 0 Å². The molecular weight excluding hydrogens is 457 g/mol. The molecule has 0 aliphatic carbocycles. The monoisotopic (exact) mass is 479 g/mol. The average molecular weight is 479 g/mol. The van der Waals surface area contributed by atoms with Gasteiger partial charge >= 0.3 is 0 Å². The van der Waals surface area contributed by atoms with E-state index >= 15 is 0 Å². The highest BCUT2D eigenvalue weighted by molar-refractivity contribution is 14.1. The lowest BCUT2D eigenvalue weighted by Gasteiger charge is -2.38. The maximum Gasteiger partial charge on any atom is 0.219 e. The van der Waals surface area contributed by atoms with E-state index in [0.717, 1.165) is 37.6 Å². The minimum atomic E-state index is 0.144. The third kappa shape index (κ3) is 3.73. The fraction of sp³-hybridized carbons (Fsp3) is 0.421. The van der Waals surface area contributed by atoms with Crippen LogP contribution >= 0.6 is 22.6 Å². The lowest BCUT2D eigenvalue weighted by molar-refractivity contribution is -0.135. The van der Waals surface area contributed by atoms with Crippen LogP contribution in [-0.2, 0) is 22.6 Å². The number of likely N-dealkylation sites (tertiary alicyclic amines) is 1. The Labute approximate surface area is 171 Å². The Bertz CT molecular complexity index is 974. The zero-order chi connectivity index (χ0) is 19.0. The SMILES string of the molecule is COCCn1cc(I)c2cc(-c3ncn(CC4CN(C(C)=O)C4)n3)ccc21. The van der Waals surface area contributed by atoms with Crippen LogP contribution in [0.25, 0.3) is 22.3 Å². The topological polar surface area (TPSA) is 65.2 Å². The number of hydrogen-bond acceptors (Lipinski definition) is 4. The summed E-state index contributed by atoms with van der Waals surface area (Å²) in [5.74, 6) is 1.34. The van der Waals surface area contributed by atoms with Crippen molar-refractivity contribution in [1.29, 1.82) is 0 Å². The molecule has 27 heavy (non-hydrogen) atoms. The predicted octanol–water partition coefficient (Wildman–Crippen LogP) is 2.63. The summed E-state index contributed by atoms with van der Waals surface area (Å²) in [6.07, 6.45) is 3.93. The summed E-state index contributed by atoms with van der Waals surface area (Å²) in [7, 11) is 1.72. The maximum atomic E-state index is 11.3. The Kier molecular flexibility index (Phi) is 5.18. The van der Waals surface area contributed by atoms with Crippen molar-refractivity contribution < 1.29 is 9.53 Å². The van der Waals surface area contributed by atoms with Gasteiger partial charge in [0.05, 0.1) is 6.61 Å². The molecule has 0 radical (unpaired) electrons. The van der Waals surface area contributed by atoms with Crippen LogP contribution in [0.1, 0.15) is 6.92 Å². The summed E-state index contributed by atoms with van der Waals surface area (Å²) in [6.45, 7) is 5.55. The van der Waals surface area contributed by atoms with Crippen LogP contribution in [0.4, 0.5) is 0 Å². The van der Waals surface area contributed by atoms with Gasteiger partial charge in [0.15, 0.2) is 5.82 Å². The number of carbonyl (C=O) groups excluding carboxylic acids is 1. The number of halogens is 1. The fourth-order valence-electron chi connectivity index (χ4n) is 3.49. The second-order valence-electron chi connectivity index (χ2n) is 6.98. The minimum Gasteiger partial charge on any atom is -0.383 e. The molecule has 3 aromatic rings. The van der Waals surface area contributed by atoms with Gasteiger partial charge in [0.25, 0.3) is 0 Å². The number of amides is 1. The molecule has 0 spiro atoms. The van der Waals surface area contributed by atoms with Crippen molar-refractivity contribution in [1.82, 2.24) is 24.2 Å². The molecule has 4 rings (SSSR count). The Morgan fingerprint density at radius 2 is 2.19 bits per heavy atom. The quantitative estimate of drug-likeness (QED) is 0.510. The third-order valence-electron chi connectivity index (χ3n) is 5.01. The number of benzene rings is 1. The van der Waals surface area contributed by atoms with E-state index in [1.807, 2.05) is 9.58 Å². The first-order chi connectivity index (χ1) is 13.0. The van der Waals surface area contributed by atoms with Gasteiger partial charge in [-0.25, -0.2) is 4.98 Å². The van der Waals surface area contributed by atoms with Gasteiger partial charge in [-0.3, -0.25) is 9.48 Å². The lowest BCUT2D eigenvalue weighted by Crippen LogP contribution is -2.50. The van der Waals surface area contributed by atoms with Gasteiger partial charge in [-0.05, 0) is 40.8 Å². The highest BCUT2D eigenvalue weighted by atomic mass is 127. The van der Waals surface area contributed by atoms with Crippen LogP contribution in [0.2, 0.25) is 0 Å². The molecule has 1 aliphatic heterocycles. The van der Waals surface area contributed by atoms with Crippen LogP contribution in [0, 0.1) is 9.49 Å². The van der Waals surface area contributed by atoms with Crippen LogP contribution in [-0.4, -0.2) is 56.9 Å². The molecule has 7 nitrogen and oxygen atoms in total. The van der Waals surface area contributed by atoms with Gasteiger partial charge in [-0.1, -0.05) is 0 Å². The lowest BCUT2D eigenvalue weighted by atomic mass is 10.0. The van der Waals surface area contributed by atoms with E-state index in [-0.39, 0.29) is 5.91 Å². The molecule has 2 aromatic heterocycles. The van der Waals surface area contributed by atoms with Gasteiger partial charge in [0.2, 0.25) is 5.91 Å². The molecule has 1 amide bonds. The van der Waals surface area contributed by atoms with E-state index in [1.165, 1.54) is 14.5 Å². The first kappa shape index (κ1) is 18.4. The molecule has 0 unspecified atom stereocenters. The molecule has 8 heteroatoms. The van der Waals surface area contributed by atoms with Crippen molar-refractivity contribution in [2.45, 2.75) is 20.0 Å². The first-order valence-electron chi connectivity index (χ1n) is 8.98. The summed E-state index contributed by atoms with van der Waals surface area (Å²) in [6, 6.07) is 6.35. The second kappa shape index (κ2) is 7.59. The summed E-state index contributed by atoms with van der Waals surface area (Å²) >= 11 is 2.37. The molecule has 1 aliphatic rings. The minimum absolute atomic E-state index is 0.144. The Morgan fingerprint density at radius 1 is 1.37 bits per heavy atom. The van der Waals surface area contributed by atoms with Crippen molar-refractivity contribution >= 4 is 39.4 Å². The van der Waals surface area contributed by atoms with E-state index in [0.29, 0.717) is 12.5 Å². The van der Waals surface area contributed by atoms with E-state index in [1.54, 1.807) is 20.4 Å². The second-order valence-corrected chi connectivity index (χ2v) is 8.14. The molecule has 0 atom stereocenters. The van der Waals surface area contributed by atoms with E-state index in [4.69, 9.17) is 4.74 Å². The Balaban J connectivity index is 1.50. The number of carbonyl (C=O) groups is 1. The summed E-state index contributed by atoms with van der Waals surface area (Å²) < 4.78 is 10.5. The smallest absolute Gasteiger partial charge is 0.219 e. The third-order valence-corrected chi connectivity index (χ3v) is 5.87. The highest BCUT2D eigenvalue weighted by Gasteiger charge is 2.29. The van der Waals surface area contributed by atoms with Crippen LogP contribution in [0.3, 0.4) is 0 Å². The van der Waals surface area contributed by atoms with Crippen molar-refractivity contribution in [3.63, 3.8) is 0 Å². The van der Waals surface area contributed by atoms with Gasteiger partial charge in [-0.15, -0.1) is 0 Å². The van der Waals surface area contributed by atoms with E-state index in [9.17, 15) is 4.79 Å². The molecule has 0 bridgehead atoms. The largest absolute Gasteiger partial charge is 0.383 e. The number of rotatable bonds is 6. The highest BCUT2D eigenvalue weighted by Crippen LogP contribution is 2.28. The molecular formula is C19H22IN5O2. The number of fused-ring (bicyclic) bond motifs is 1. The van der Waals surface area contributed by atoms with E-state index < -0.39 is 0 Å². The molecule has 0 N–H and O–H groups in total. The maximum absolute atomic E-state index is 11.3. The molecule has 142 valence electrons. The van der Waals surface area contributed by atoms with Crippen molar-refractivity contribution in [2.24, 2.45) is 5.92 Å². The zero-order valence-electron chi connectivity index (χ0n) is 15.4. The van der Waals surface area contributed by atoms with Gasteiger partial charge in [0, 0.05) is 72.4 Å². The van der Waals surface area contributed by atoms with Gasteiger partial charge < -0.3 is 14.2 Å². The Morgan fingerprint density at radius 3 is 2.93 bits per heavy atom. The van der Waals surface area contributed by atoms with Crippen LogP contribution in [0.15, 0.2) is 30.7 Å². The molecule has 0 saturated carbocycles. The fourth-order valence-corrected chi connectivity index (χ4v) is 4.26. The molecule has 1 saturated heterocycles. The van der Waals surface area contributed by atoms with Crippen LogP contribution in [0.5, 0.6) is 0 Å². The first-order valence-corrected chi connectivity index (χ1v) is 10.1. The molecule has 1 fully saturated rings. The van der Waals surface area contributed by atoms with Gasteiger partial charge in [-0.2, -0.15) is 5.10 Å². The standard InChI is InChI=1S/C19H22IN5O2/c1-13(26)24-8-14(9-24)10-25-12-21-19(22-25)15-3-4-18-16(7-15)17(20)11-23(18)5-6-27-2/h3-4,7,11-12,14H,5-6,8-10H2,1-2H3. The number of ether oxygens (including phenoxy) is 1. The predicted molar refractivity (Wildman–Crippen MR) is 111 cm³/mol. The number of methoxy groups -OCH3 is 1. The molecule has 3 heterocycles. The van der Waals surface area contributed by atoms with Crippen molar-refractivity contribution in [3.8, 4) is 11.4 Å². The van der Waals surface area contributed by atoms with E-state index in [2.05, 4.69) is 61.6 Å². The summed E-state index contributed by atoms with van der Waals surface area (Å²) in [5, 5.41) is 5.84. The summed E-state index contributed by atoms with van der Waals surface area (Å²) in [5.41, 5.74) is 2.21. The van der Waals surface area contributed by atoms with Crippen molar-refractivity contribution in [2.75, 3.05) is 26.8 Å². The number of nitrogens with zero attached hydrogens (tertiary/aromatic N) is 5. The van der Waals surface area contributed by atoms with Crippen molar-refractivity contribution in [3.05, 3.63) is 34.3 Å². The normalized spacial score (nSPS) is 14.7. The summed E-state index contributed by atoms with van der Waals surface area (Å²) in [4.78, 5) is 17.6. The number of hydrogen-bond donors (Lipinski definition) is 0. The number of aromatic nitrogens is 4. The van der Waals surface area contributed by atoms with Gasteiger partial charge in [0.1, 0.15) is 6.33 Å². The zero-order valence-corrected chi connectivity index (χ0v) is 17.6.